The molecule has 0 aliphatic carbocycles. The number of carbonyl (C=O) groups is 2. The molecule has 0 saturated carbocycles. The number of halogens is 1. The van der Waals surface area contributed by atoms with Gasteiger partial charge in [-0.15, -0.1) is 0 Å². The van der Waals surface area contributed by atoms with E-state index in [1.807, 2.05) is 24.1 Å². The third-order valence-corrected chi connectivity index (χ3v) is 6.81. The summed E-state index contributed by atoms with van der Waals surface area (Å²) in [6.07, 6.45) is 3.82. The van der Waals surface area contributed by atoms with E-state index in [1.165, 1.54) is 0 Å². The highest BCUT2D eigenvalue weighted by Crippen LogP contribution is 2.39. The van der Waals surface area contributed by atoms with E-state index in [4.69, 9.17) is 10.7 Å². The van der Waals surface area contributed by atoms with Gasteiger partial charge in [-0.25, -0.2) is 4.39 Å². The lowest BCUT2D eigenvalue weighted by atomic mass is 9.85. The smallest absolute Gasteiger partial charge is 0.254 e. The van der Waals surface area contributed by atoms with Gasteiger partial charge < -0.3 is 20.0 Å². The molecule has 2 N–H and O–H groups in total. The van der Waals surface area contributed by atoms with E-state index in [-0.39, 0.29) is 18.0 Å². The lowest BCUT2D eigenvalue weighted by molar-refractivity contribution is -0.133. The summed E-state index contributed by atoms with van der Waals surface area (Å²) in [5.41, 5.74) is 1.06. The van der Waals surface area contributed by atoms with Gasteiger partial charge in [0.2, 0.25) is 5.91 Å². The molecule has 3 rings (SSSR count). The van der Waals surface area contributed by atoms with Gasteiger partial charge in [-0.1, -0.05) is 18.7 Å². The second kappa shape index (κ2) is 10.6. The molecule has 0 aromatic heterocycles. The van der Waals surface area contributed by atoms with Crippen molar-refractivity contribution in [3.63, 3.8) is 0 Å². The number of likely N-dealkylation sites (N-methyl/N-ethyl adjacent to an activating group) is 1. The zero-order chi connectivity index (χ0) is 25.8. The van der Waals surface area contributed by atoms with E-state index in [1.54, 1.807) is 37.0 Å². The van der Waals surface area contributed by atoms with Crippen LogP contribution in [0.15, 0.2) is 60.0 Å². The molecular weight excluding hydrogens is 447 g/mol. The number of likely N-dealkylation sites (tertiary alicyclic amines) is 1. The van der Waals surface area contributed by atoms with E-state index in [2.05, 4.69) is 22.9 Å². The summed E-state index contributed by atoms with van der Waals surface area (Å²) in [5.74, 6) is -1.12. The van der Waals surface area contributed by atoms with Crippen LogP contribution in [-0.4, -0.2) is 66.3 Å². The first-order valence-electron chi connectivity index (χ1n) is 11.5. The predicted octanol–water partition coefficient (Wildman–Crippen LogP) is 3.10. The molecule has 184 valence electrons. The van der Waals surface area contributed by atoms with Crippen molar-refractivity contribution in [2.45, 2.75) is 32.2 Å². The molecule has 0 radical (unpaired) electrons. The van der Waals surface area contributed by atoms with Crippen molar-refractivity contribution in [2.75, 3.05) is 38.3 Å². The molecule has 2 aliphatic heterocycles. The quantitative estimate of drug-likeness (QED) is 0.483. The molecule has 2 fully saturated rings. The van der Waals surface area contributed by atoms with Crippen LogP contribution < -0.4 is 10.2 Å². The maximum atomic E-state index is 14.4. The van der Waals surface area contributed by atoms with Gasteiger partial charge in [-0.2, -0.15) is 5.26 Å². The Morgan fingerprint density at radius 1 is 1.29 bits per heavy atom. The van der Waals surface area contributed by atoms with Crippen molar-refractivity contribution in [1.29, 1.82) is 10.7 Å². The summed E-state index contributed by atoms with van der Waals surface area (Å²) in [6, 6.07) is 9.42. The molecule has 2 saturated heterocycles. The fourth-order valence-electron chi connectivity index (χ4n) is 4.56. The minimum absolute atomic E-state index is 0.202. The highest BCUT2D eigenvalue weighted by Gasteiger charge is 2.50. The number of piperidine rings is 1. The van der Waals surface area contributed by atoms with Crippen LogP contribution in [-0.2, 0) is 9.59 Å². The summed E-state index contributed by atoms with van der Waals surface area (Å²) >= 11 is 0. The molecule has 9 heteroatoms. The standard InChI is InChI=1S/C26H31FN6O2/c1-5-18(3)23(27)21(6-2)24(35)30-16-22(34)32-13-11-26(12-14-32)25(29)31(4)17-33(26)20-9-7-19(15-28)8-10-20/h5-10,29H,2,11-14,16-17H2,1,3-4H3,(H,30,35). The van der Waals surface area contributed by atoms with Gasteiger partial charge in [0, 0.05) is 25.8 Å². The normalized spacial score (nSPS) is 18.3. The summed E-state index contributed by atoms with van der Waals surface area (Å²) in [5, 5.41) is 20.3. The molecule has 2 heterocycles. The largest absolute Gasteiger partial charge is 0.344 e. The zero-order valence-corrected chi connectivity index (χ0v) is 20.4. The van der Waals surface area contributed by atoms with Crippen LogP contribution in [0.2, 0.25) is 0 Å². The van der Waals surface area contributed by atoms with Crippen LogP contribution in [0.25, 0.3) is 0 Å². The Balaban J connectivity index is 1.67. The van der Waals surface area contributed by atoms with E-state index in [9.17, 15) is 14.0 Å². The van der Waals surface area contributed by atoms with Crippen molar-refractivity contribution < 1.29 is 14.0 Å². The minimum Gasteiger partial charge on any atom is -0.344 e. The number of hydrogen-bond acceptors (Lipinski definition) is 5. The average Bonchev–Trinajstić information content (AvgIpc) is 3.12. The van der Waals surface area contributed by atoms with Gasteiger partial charge in [-0.3, -0.25) is 15.0 Å². The Morgan fingerprint density at radius 3 is 2.46 bits per heavy atom. The first kappa shape index (κ1) is 25.7. The zero-order valence-electron chi connectivity index (χ0n) is 20.4. The number of amides is 2. The Kier molecular flexibility index (Phi) is 7.75. The molecule has 1 aromatic rings. The van der Waals surface area contributed by atoms with Gasteiger partial charge in [0.1, 0.15) is 17.2 Å². The van der Waals surface area contributed by atoms with Crippen molar-refractivity contribution in [3.8, 4) is 6.07 Å². The predicted molar refractivity (Wildman–Crippen MR) is 133 cm³/mol. The first-order valence-corrected chi connectivity index (χ1v) is 11.5. The topological polar surface area (TPSA) is 104 Å². The lowest BCUT2D eigenvalue weighted by Gasteiger charge is -2.44. The maximum Gasteiger partial charge on any atom is 0.254 e. The minimum atomic E-state index is -0.688. The number of nitriles is 1. The molecule has 35 heavy (non-hydrogen) atoms. The van der Waals surface area contributed by atoms with Crippen molar-refractivity contribution in [2.24, 2.45) is 0 Å². The average molecular weight is 479 g/mol. The number of nitrogens with one attached hydrogen (secondary N) is 2. The van der Waals surface area contributed by atoms with Crippen LogP contribution in [0.4, 0.5) is 10.1 Å². The van der Waals surface area contributed by atoms with E-state index < -0.39 is 17.3 Å². The summed E-state index contributed by atoms with van der Waals surface area (Å²) in [7, 11) is 1.88. The fraction of sp³-hybridized carbons (Fsp3) is 0.385. The van der Waals surface area contributed by atoms with Crippen molar-refractivity contribution in [1.82, 2.24) is 15.1 Å². The number of nitrogens with zero attached hydrogens (tertiary/aromatic N) is 4. The van der Waals surface area contributed by atoms with Gasteiger partial charge in [0.15, 0.2) is 0 Å². The van der Waals surface area contributed by atoms with Crippen molar-refractivity contribution in [3.05, 3.63) is 65.5 Å². The summed E-state index contributed by atoms with van der Waals surface area (Å²) in [4.78, 5) is 30.9. The van der Waals surface area contributed by atoms with Gasteiger partial charge in [-0.05, 0) is 56.5 Å². The summed E-state index contributed by atoms with van der Waals surface area (Å²) < 4.78 is 14.4. The van der Waals surface area contributed by atoms with E-state index in [0.29, 0.717) is 49.6 Å². The molecule has 1 spiro atoms. The molecule has 0 atom stereocenters. The Morgan fingerprint density at radius 2 is 1.91 bits per heavy atom. The number of carbonyl (C=O) groups excluding carboxylic acids is 2. The molecule has 2 aliphatic rings. The highest BCUT2D eigenvalue weighted by molar-refractivity contribution is 5.99. The van der Waals surface area contributed by atoms with Crippen LogP contribution in [0.1, 0.15) is 32.3 Å². The maximum absolute atomic E-state index is 14.4. The molecule has 2 amide bonds. The molecule has 8 nitrogen and oxygen atoms in total. The van der Waals surface area contributed by atoms with Gasteiger partial charge in [0.05, 0.1) is 30.4 Å². The highest BCUT2D eigenvalue weighted by atomic mass is 19.1. The Labute approximate surface area is 205 Å². The monoisotopic (exact) mass is 478 g/mol. The van der Waals surface area contributed by atoms with E-state index >= 15 is 0 Å². The SMILES string of the molecule is C=CC(C(=O)NCC(=O)N1CCC2(CC1)C(=N)N(C)CN2c1ccc(C#N)cc1)=C(F)C(C)=CC. The molecular formula is C26H31FN6O2. The molecule has 0 bridgehead atoms. The number of rotatable bonds is 6. The van der Waals surface area contributed by atoms with Crippen LogP contribution >= 0.6 is 0 Å². The Bertz CT molecular complexity index is 1120. The third kappa shape index (κ3) is 4.97. The van der Waals surface area contributed by atoms with Crippen LogP contribution in [0.5, 0.6) is 0 Å². The lowest BCUT2D eigenvalue weighted by Crippen LogP contribution is -2.58. The summed E-state index contributed by atoms with van der Waals surface area (Å²) in [6.45, 7) is 7.88. The molecule has 1 aromatic carbocycles. The fourth-order valence-corrected chi connectivity index (χ4v) is 4.56. The van der Waals surface area contributed by atoms with Crippen LogP contribution in [0, 0.1) is 16.7 Å². The van der Waals surface area contributed by atoms with Gasteiger partial charge in [0.25, 0.3) is 5.91 Å². The van der Waals surface area contributed by atoms with E-state index in [0.717, 1.165) is 11.8 Å². The van der Waals surface area contributed by atoms with Crippen LogP contribution in [0.3, 0.4) is 0 Å². The van der Waals surface area contributed by atoms with Crippen molar-refractivity contribution >= 4 is 23.3 Å². The second-order valence-corrected chi connectivity index (χ2v) is 8.77. The number of anilines is 1. The number of allylic oxidation sites excluding steroid dienone is 3. The number of benzene rings is 1. The third-order valence-electron chi connectivity index (χ3n) is 6.81. The number of amidine groups is 1. The van der Waals surface area contributed by atoms with Gasteiger partial charge >= 0.3 is 0 Å². The second-order valence-electron chi connectivity index (χ2n) is 8.77. The Hall–Kier alpha value is -3.93. The molecule has 0 unspecified atom stereocenters. The number of hydrogen-bond donors (Lipinski definition) is 2. The first-order chi connectivity index (χ1) is 16.7.